The topological polar surface area (TPSA) is 109 Å². The summed E-state index contributed by atoms with van der Waals surface area (Å²) in [5, 5.41) is 0.320. The van der Waals surface area contributed by atoms with Gasteiger partial charge in [-0.05, 0) is 46.8 Å². The molecule has 0 amide bonds. The predicted molar refractivity (Wildman–Crippen MR) is 113 cm³/mol. The summed E-state index contributed by atoms with van der Waals surface area (Å²) in [6, 6.07) is 4.92. The highest BCUT2D eigenvalue weighted by Gasteiger charge is 2.22. The van der Waals surface area contributed by atoms with Gasteiger partial charge >= 0.3 is 11.3 Å². The normalized spacial score (nSPS) is 12.6. The van der Waals surface area contributed by atoms with Crippen molar-refractivity contribution in [3.05, 3.63) is 41.2 Å². The van der Waals surface area contributed by atoms with Gasteiger partial charge in [0.25, 0.3) is 0 Å². The molecule has 8 nitrogen and oxygen atoms in total. The molecule has 160 valence electrons. The maximum Gasteiger partial charge on any atom is 0.514 e. The van der Waals surface area contributed by atoms with Crippen LogP contribution in [0.2, 0.25) is 0 Å². The maximum atomic E-state index is 12.9. The monoisotopic (exact) mass is 431 g/mol. The van der Waals surface area contributed by atoms with Gasteiger partial charge in [0, 0.05) is 34.6 Å². The number of aryl methyl sites for hydroxylation is 1. The van der Waals surface area contributed by atoms with Crippen molar-refractivity contribution in [1.29, 1.82) is 0 Å². The van der Waals surface area contributed by atoms with Gasteiger partial charge in [0.2, 0.25) is 0 Å². The van der Waals surface area contributed by atoms with Crippen molar-refractivity contribution in [3.63, 3.8) is 0 Å². The molecule has 1 atom stereocenters. The smallest absolute Gasteiger partial charge is 0.514 e. The molecule has 0 spiro atoms. The van der Waals surface area contributed by atoms with E-state index in [4.69, 9.17) is 14.2 Å². The van der Waals surface area contributed by atoms with Crippen LogP contribution in [0.5, 0.6) is 11.5 Å². The summed E-state index contributed by atoms with van der Waals surface area (Å²) in [6.07, 6.45) is 0.910. The Balaban J connectivity index is 1.78. The zero-order chi connectivity index (χ0) is 22.1. The Morgan fingerprint density at radius 1 is 1.27 bits per heavy atom. The minimum Gasteiger partial charge on any atom is -0.609 e. The molecular weight excluding hydrogens is 406 g/mol. The molecule has 2 heterocycles. The van der Waals surface area contributed by atoms with E-state index in [1.165, 1.54) is 0 Å². The third-order valence-electron chi connectivity index (χ3n) is 4.26. The SMILES string of the molecule is COc1c(C)cnc(C[S+]([O-])c2nc3cc(OC(=O)OC(C)(C)C)ccc3[nH]2)c1C. The molecule has 2 aromatic heterocycles. The van der Waals surface area contributed by atoms with Crippen molar-refractivity contribution >= 4 is 28.4 Å². The van der Waals surface area contributed by atoms with E-state index in [2.05, 4.69) is 15.0 Å². The van der Waals surface area contributed by atoms with Crippen LogP contribution in [0.1, 0.15) is 37.6 Å². The number of aromatic amines is 1. The molecule has 0 aliphatic carbocycles. The number of carbonyl (C=O) groups excluding carboxylic acids is 1. The fourth-order valence-corrected chi connectivity index (χ4v) is 4.01. The Labute approximate surface area is 178 Å². The van der Waals surface area contributed by atoms with Gasteiger partial charge in [-0.2, -0.15) is 4.98 Å². The number of rotatable bonds is 5. The predicted octanol–water partition coefficient (Wildman–Crippen LogP) is 4.21. The largest absolute Gasteiger partial charge is 0.609 e. The van der Waals surface area contributed by atoms with Gasteiger partial charge in [0.1, 0.15) is 17.1 Å². The van der Waals surface area contributed by atoms with Crippen molar-refractivity contribution < 1.29 is 23.6 Å². The second-order valence-corrected chi connectivity index (χ2v) is 9.19. The Morgan fingerprint density at radius 2 is 2.00 bits per heavy atom. The number of aromatic nitrogens is 3. The second kappa shape index (κ2) is 8.53. The molecule has 0 fully saturated rings. The lowest BCUT2D eigenvalue weighted by molar-refractivity contribution is 0.0206. The molecule has 3 rings (SSSR count). The van der Waals surface area contributed by atoms with Gasteiger partial charge in [0.05, 0.1) is 23.8 Å². The summed E-state index contributed by atoms with van der Waals surface area (Å²) in [5.41, 5.74) is 3.03. The number of methoxy groups -OCH3 is 1. The molecule has 0 saturated heterocycles. The molecule has 1 aromatic carbocycles. The van der Waals surface area contributed by atoms with E-state index in [0.717, 1.165) is 16.9 Å². The lowest BCUT2D eigenvalue weighted by Crippen LogP contribution is -2.25. The number of hydrogen-bond acceptors (Lipinski definition) is 7. The average Bonchev–Trinajstić information content (AvgIpc) is 3.06. The Bertz CT molecular complexity index is 1070. The molecule has 0 saturated carbocycles. The highest BCUT2D eigenvalue weighted by Crippen LogP contribution is 2.27. The number of hydrogen-bond donors (Lipinski definition) is 1. The minimum atomic E-state index is -1.44. The summed E-state index contributed by atoms with van der Waals surface area (Å²) < 4.78 is 28.6. The first-order valence-electron chi connectivity index (χ1n) is 9.35. The van der Waals surface area contributed by atoms with Gasteiger partial charge < -0.3 is 18.8 Å². The molecule has 1 unspecified atom stereocenters. The first kappa shape index (κ1) is 21.9. The molecule has 3 aromatic rings. The summed E-state index contributed by atoms with van der Waals surface area (Å²) >= 11 is -1.44. The van der Waals surface area contributed by atoms with Crippen LogP contribution in [0.3, 0.4) is 0 Å². The zero-order valence-corrected chi connectivity index (χ0v) is 18.7. The van der Waals surface area contributed by atoms with Gasteiger partial charge in [-0.15, -0.1) is 0 Å². The first-order valence-corrected chi connectivity index (χ1v) is 10.7. The number of fused-ring (bicyclic) bond motifs is 1. The van der Waals surface area contributed by atoms with Crippen LogP contribution in [-0.4, -0.2) is 38.4 Å². The van der Waals surface area contributed by atoms with E-state index < -0.39 is 22.9 Å². The maximum absolute atomic E-state index is 12.9. The molecule has 9 heteroatoms. The average molecular weight is 432 g/mol. The van der Waals surface area contributed by atoms with E-state index >= 15 is 0 Å². The van der Waals surface area contributed by atoms with Crippen LogP contribution in [0.4, 0.5) is 4.79 Å². The van der Waals surface area contributed by atoms with Crippen molar-refractivity contribution in [2.75, 3.05) is 7.11 Å². The van der Waals surface area contributed by atoms with Gasteiger partial charge in [-0.1, -0.05) is 0 Å². The first-order chi connectivity index (χ1) is 14.1. The van der Waals surface area contributed by atoms with Crippen LogP contribution in [0.25, 0.3) is 11.0 Å². The van der Waals surface area contributed by atoms with E-state index in [1.54, 1.807) is 52.3 Å². The molecule has 0 bridgehead atoms. The van der Waals surface area contributed by atoms with E-state index in [-0.39, 0.29) is 5.75 Å². The second-order valence-electron chi connectivity index (χ2n) is 7.82. The molecular formula is C21H25N3O5S. The Morgan fingerprint density at radius 3 is 2.67 bits per heavy atom. The highest BCUT2D eigenvalue weighted by atomic mass is 32.2. The minimum absolute atomic E-state index is 0.198. The van der Waals surface area contributed by atoms with Crippen LogP contribution in [0.15, 0.2) is 29.6 Å². The van der Waals surface area contributed by atoms with Crippen molar-refractivity contribution in [2.24, 2.45) is 0 Å². The number of H-pyrrole nitrogens is 1. The van der Waals surface area contributed by atoms with Gasteiger partial charge in [0.15, 0.2) is 5.75 Å². The molecule has 30 heavy (non-hydrogen) atoms. The molecule has 0 aliphatic rings. The van der Waals surface area contributed by atoms with Crippen molar-refractivity contribution in [2.45, 2.75) is 51.1 Å². The number of ether oxygens (including phenoxy) is 3. The summed E-state index contributed by atoms with van der Waals surface area (Å²) in [7, 11) is 1.60. The van der Waals surface area contributed by atoms with E-state index in [9.17, 15) is 9.35 Å². The van der Waals surface area contributed by atoms with E-state index in [1.807, 2.05) is 13.8 Å². The summed E-state index contributed by atoms with van der Waals surface area (Å²) in [4.78, 5) is 23.7. The van der Waals surface area contributed by atoms with Crippen LogP contribution >= 0.6 is 0 Å². The number of imidazole rings is 1. The molecule has 0 aliphatic heterocycles. The lowest BCUT2D eigenvalue weighted by Gasteiger charge is -2.18. The summed E-state index contributed by atoms with van der Waals surface area (Å²) in [5.74, 6) is 1.23. The van der Waals surface area contributed by atoms with Crippen molar-refractivity contribution in [1.82, 2.24) is 15.0 Å². The number of benzene rings is 1. The third-order valence-corrected chi connectivity index (χ3v) is 5.42. The highest BCUT2D eigenvalue weighted by molar-refractivity contribution is 7.90. The van der Waals surface area contributed by atoms with Crippen LogP contribution in [-0.2, 0) is 21.7 Å². The summed E-state index contributed by atoms with van der Waals surface area (Å²) in [6.45, 7) is 9.08. The molecule has 0 radical (unpaired) electrons. The quantitative estimate of drug-likeness (QED) is 0.366. The number of nitrogens with zero attached hydrogens (tertiary/aromatic N) is 2. The Kier molecular flexibility index (Phi) is 6.23. The number of nitrogens with one attached hydrogen (secondary N) is 1. The van der Waals surface area contributed by atoms with Gasteiger partial charge in [-0.3, -0.25) is 9.97 Å². The van der Waals surface area contributed by atoms with Gasteiger partial charge in [-0.25, -0.2) is 4.79 Å². The number of carbonyl (C=O) groups is 1. The standard InChI is InChI=1S/C21H25N3O5S/c1-12-10-22-17(13(2)18(12)27-6)11-30(26)19-23-15-8-7-14(9-16(15)24-19)28-20(25)29-21(3,4)5/h7-10H,11H2,1-6H3,(H,23,24). The zero-order valence-electron chi connectivity index (χ0n) is 17.9. The third kappa shape index (κ3) is 5.03. The molecule has 1 N–H and O–H groups in total. The van der Waals surface area contributed by atoms with Crippen LogP contribution in [0, 0.1) is 13.8 Å². The fourth-order valence-electron chi connectivity index (χ4n) is 2.91. The van der Waals surface area contributed by atoms with Crippen LogP contribution < -0.4 is 9.47 Å². The van der Waals surface area contributed by atoms with Crippen molar-refractivity contribution in [3.8, 4) is 11.5 Å². The number of pyridine rings is 1. The fraction of sp³-hybridized carbons (Fsp3) is 0.381. The Hall–Kier alpha value is -2.78. The lowest BCUT2D eigenvalue weighted by atomic mass is 10.1. The van der Waals surface area contributed by atoms with E-state index in [0.29, 0.717) is 27.6 Å².